The molecule has 2 atom stereocenters. The van der Waals surface area contributed by atoms with E-state index in [1.807, 2.05) is 24.4 Å². The summed E-state index contributed by atoms with van der Waals surface area (Å²) in [5.74, 6) is 0.237. The van der Waals surface area contributed by atoms with E-state index in [0.29, 0.717) is 22.8 Å². The molecule has 0 saturated carbocycles. The maximum Gasteiger partial charge on any atom is 0.251 e. The normalized spacial score (nSPS) is 13.5. The molecule has 0 unspecified atom stereocenters. The van der Waals surface area contributed by atoms with E-state index >= 15 is 0 Å². The first-order valence-corrected chi connectivity index (χ1v) is 8.13. The van der Waals surface area contributed by atoms with Crippen molar-refractivity contribution in [3.05, 3.63) is 51.2 Å². The standard InChI is InChI=1S/C16H18ClNO3S/c1-10(8-13(19)15-4-3-7-22-15)18-16(20)11-5-6-12(17)14(9-11)21-2/h3-7,9-10,13,19H,8H2,1-2H3,(H,18,20)/t10-,13+/m0/s1. The van der Waals surface area contributed by atoms with Gasteiger partial charge < -0.3 is 15.2 Å². The molecule has 0 fully saturated rings. The summed E-state index contributed by atoms with van der Waals surface area (Å²) >= 11 is 7.44. The van der Waals surface area contributed by atoms with Crippen LogP contribution in [0, 0.1) is 0 Å². The predicted octanol–water partition coefficient (Wildman–Crippen LogP) is 3.65. The van der Waals surface area contributed by atoms with Gasteiger partial charge in [0, 0.05) is 16.5 Å². The highest BCUT2D eigenvalue weighted by Gasteiger charge is 2.16. The number of hydrogen-bond donors (Lipinski definition) is 2. The summed E-state index contributed by atoms with van der Waals surface area (Å²) in [5.41, 5.74) is 0.471. The second-order valence-electron chi connectivity index (χ2n) is 4.99. The Bertz CT molecular complexity index is 630. The molecule has 1 aromatic carbocycles. The number of benzene rings is 1. The molecule has 0 bridgehead atoms. The van der Waals surface area contributed by atoms with Crippen LogP contribution in [-0.4, -0.2) is 24.2 Å². The SMILES string of the molecule is COc1cc(C(=O)N[C@@H](C)C[C@@H](O)c2cccs2)ccc1Cl. The van der Waals surface area contributed by atoms with Gasteiger partial charge >= 0.3 is 0 Å². The zero-order valence-electron chi connectivity index (χ0n) is 12.4. The summed E-state index contributed by atoms with van der Waals surface area (Å²) in [4.78, 5) is 13.1. The Morgan fingerprint density at radius 2 is 2.23 bits per heavy atom. The number of nitrogens with one attached hydrogen (secondary N) is 1. The summed E-state index contributed by atoms with van der Waals surface area (Å²) in [6.07, 6.45) is -0.119. The Morgan fingerprint density at radius 3 is 2.86 bits per heavy atom. The van der Waals surface area contributed by atoms with Gasteiger partial charge in [0.05, 0.1) is 18.2 Å². The third-order valence-corrected chi connectivity index (χ3v) is 4.53. The first-order valence-electron chi connectivity index (χ1n) is 6.87. The number of ether oxygens (including phenoxy) is 1. The van der Waals surface area contributed by atoms with E-state index in [9.17, 15) is 9.90 Å². The molecule has 0 saturated heterocycles. The molecule has 1 amide bonds. The summed E-state index contributed by atoms with van der Waals surface area (Å²) in [5, 5.41) is 15.3. The van der Waals surface area contributed by atoms with E-state index in [0.717, 1.165) is 4.88 Å². The maximum absolute atomic E-state index is 12.2. The van der Waals surface area contributed by atoms with Crippen molar-refractivity contribution in [2.75, 3.05) is 7.11 Å². The third-order valence-electron chi connectivity index (χ3n) is 3.24. The van der Waals surface area contributed by atoms with Gasteiger partial charge in [-0.15, -0.1) is 11.3 Å². The molecule has 22 heavy (non-hydrogen) atoms. The average molecular weight is 340 g/mol. The van der Waals surface area contributed by atoms with Crippen LogP contribution < -0.4 is 10.1 Å². The zero-order valence-corrected chi connectivity index (χ0v) is 13.9. The van der Waals surface area contributed by atoms with Gasteiger partial charge in [0.15, 0.2) is 0 Å². The van der Waals surface area contributed by atoms with E-state index in [4.69, 9.17) is 16.3 Å². The number of rotatable bonds is 6. The maximum atomic E-state index is 12.2. The molecular weight excluding hydrogens is 322 g/mol. The van der Waals surface area contributed by atoms with Gasteiger partial charge in [-0.3, -0.25) is 4.79 Å². The van der Waals surface area contributed by atoms with Gasteiger partial charge in [-0.2, -0.15) is 0 Å². The second-order valence-corrected chi connectivity index (χ2v) is 6.38. The Hall–Kier alpha value is -1.56. The largest absolute Gasteiger partial charge is 0.495 e. The van der Waals surface area contributed by atoms with Crippen molar-refractivity contribution in [1.29, 1.82) is 0 Å². The van der Waals surface area contributed by atoms with Gasteiger partial charge in [0.2, 0.25) is 0 Å². The Morgan fingerprint density at radius 1 is 1.45 bits per heavy atom. The molecule has 0 spiro atoms. The van der Waals surface area contributed by atoms with Gasteiger partial charge in [-0.1, -0.05) is 17.7 Å². The number of halogens is 1. The quantitative estimate of drug-likeness (QED) is 0.844. The average Bonchev–Trinajstić information content (AvgIpc) is 3.01. The summed E-state index contributed by atoms with van der Waals surface area (Å²) < 4.78 is 5.10. The smallest absolute Gasteiger partial charge is 0.251 e. The van der Waals surface area contributed by atoms with Crippen LogP contribution in [-0.2, 0) is 0 Å². The van der Waals surface area contributed by atoms with E-state index in [1.54, 1.807) is 18.2 Å². The monoisotopic (exact) mass is 339 g/mol. The number of carbonyl (C=O) groups excluding carboxylic acids is 1. The topological polar surface area (TPSA) is 58.6 Å². The van der Waals surface area contributed by atoms with Crippen LogP contribution in [0.3, 0.4) is 0 Å². The highest BCUT2D eigenvalue weighted by Crippen LogP contribution is 2.25. The van der Waals surface area contributed by atoms with Crippen molar-refractivity contribution in [3.63, 3.8) is 0 Å². The molecule has 2 N–H and O–H groups in total. The van der Waals surface area contributed by atoms with Crippen molar-refractivity contribution < 1.29 is 14.6 Å². The van der Waals surface area contributed by atoms with Crippen LogP contribution in [0.15, 0.2) is 35.7 Å². The lowest BCUT2D eigenvalue weighted by Gasteiger charge is -2.17. The van der Waals surface area contributed by atoms with Crippen LogP contribution >= 0.6 is 22.9 Å². The summed E-state index contributed by atoms with van der Waals surface area (Å²) in [6.45, 7) is 1.86. The molecule has 118 valence electrons. The number of aliphatic hydroxyl groups excluding tert-OH is 1. The predicted molar refractivity (Wildman–Crippen MR) is 88.8 cm³/mol. The fourth-order valence-corrected chi connectivity index (χ4v) is 3.02. The number of carbonyl (C=O) groups is 1. The fraction of sp³-hybridized carbons (Fsp3) is 0.312. The highest BCUT2D eigenvalue weighted by atomic mass is 35.5. The number of thiophene rings is 1. The van der Waals surface area contributed by atoms with Gasteiger partial charge in [-0.05, 0) is 43.0 Å². The molecule has 1 aromatic heterocycles. The molecular formula is C16H18ClNO3S. The van der Waals surface area contributed by atoms with Crippen LogP contribution in [0.1, 0.15) is 34.7 Å². The summed E-state index contributed by atoms with van der Waals surface area (Å²) in [7, 11) is 1.50. The minimum absolute atomic E-state index is 0.161. The second kappa shape index (κ2) is 7.63. The van der Waals surface area contributed by atoms with Gasteiger partial charge in [0.1, 0.15) is 5.75 Å². The van der Waals surface area contributed by atoms with Crippen molar-refractivity contribution >= 4 is 28.8 Å². The van der Waals surface area contributed by atoms with Crippen molar-refractivity contribution in [3.8, 4) is 5.75 Å². The molecule has 0 aliphatic carbocycles. The number of methoxy groups -OCH3 is 1. The molecule has 6 heteroatoms. The van der Waals surface area contributed by atoms with Crippen molar-refractivity contribution in [1.82, 2.24) is 5.32 Å². The van der Waals surface area contributed by atoms with Gasteiger partial charge in [0.25, 0.3) is 5.91 Å². The molecule has 2 rings (SSSR count). The fourth-order valence-electron chi connectivity index (χ4n) is 2.10. The number of hydrogen-bond acceptors (Lipinski definition) is 4. The van der Waals surface area contributed by atoms with E-state index in [2.05, 4.69) is 5.32 Å². The van der Waals surface area contributed by atoms with Crippen LogP contribution in [0.25, 0.3) is 0 Å². The molecule has 4 nitrogen and oxygen atoms in total. The minimum atomic E-state index is -0.574. The van der Waals surface area contributed by atoms with Crippen LogP contribution in [0.4, 0.5) is 0 Å². The Labute approximate surface area is 138 Å². The first-order chi connectivity index (χ1) is 10.5. The zero-order chi connectivity index (χ0) is 16.1. The van der Waals surface area contributed by atoms with E-state index in [1.165, 1.54) is 18.4 Å². The van der Waals surface area contributed by atoms with Gasteiger partial charge in [-0.25, -0.2) is 0 Å². The Kier molecular flexibility index (Phi) is 5.83. The van der Waals surface area contributed by atoms with Crippen molar-refractivity contribution in [2.45, 2.75) is 25.5 Å². The van der Waals surface area contributed by atoms with E-state index < -0.39 is 6.10 Å². The molecule has 0 aliphatic heterocycles. The van der Waals surface area contributed by atoms with Crippen LogP contribution in [0.2, 0.25) is 5.02 Å². The molecule has 0 aliphatic rings. The Balaban J connectivity index is 1.96. The summed E-state index contributed by atoms with van der Waals surface area (Å²) in [6, 6.07) is 8.48. The minimum Gasteiger partial charge on any atom is -0.495 e. The van der Waals surface area contributed by atoms with E-state index in [-0.39, 0.29) is 11.9 Å². The molecule has 2 aromatic rings. The highest BCUT2D eigenvalue weighted by molar-refractivity contribution is 7.10. The molecule has 1 heterocycles. The number of aliphatic hydroxyl groups is 1. The first kappa shape index (κ1) is 16.8. The van der Waals surface area contributed by atoms with Crippen LogP contribution in [0.5, 0.6) is 5.75 Å². The lowest BCUT2D eigenvalue weighted by molar-refractivity contribution is 0.0918. The lowest BCUT2D eigenvalue weighted by atomic mass is 10.1. The molecule has 0 radical (unpaired) electrons. The number of amides is 1. The van der Waals surface area contributed by atoms with Crippen molar-refractivity contribution in [2.24, 2.45) is 0 Å². The lowest BCUT2D eigenvalue weighted by Crippen LogP contribution is -2.33. The third kappa shape index (κ3) is 4.22.